The minimum Gasteiger partial charge on any atom is -0.101 e. The number of rotatable bonds is 1. The SMILES string of the molecule is CC.CC#CC(/C=C\C)=C(C)C. The van der Waals surface area contributed by atoms with E-state index in [2.05, 4.69) is 25.7 Å². The molecule has 0 fully saturated rings. The van der Waals surface area contributed by atoms with Crippen molar-refractivity contribution >= 4 is 0 Å². The van der Waals surface area contributed by atoms with Crippen molar-refractivity contribution in [1.82, 2.24) is 0 Å². The zero-order valence-corrected chi connectivity index (χ0v) is 9.15. The molecule has 0 aliphatic heterocycles. The summed E-state index contributed by atoms with van der Waals surface area (Å²) in [6, 6.07) is 0. The van der Waals surface area contributed by atoms with Crippen molar-refractivity contribution in [1.29, 1.82) is 0 Å². The van der Waals surface area contributed by atoms with Gasteiger partial charge in [-0.15, -0.1) is 5.92 Å². The first-order valence-corrected chi connectivity index (χ1v) is 4.45. The van der Waals surface area contributed by atoms with Gasteiger partial charge in [-0.25, -0.2) is 0 Å². The van der Waals surface area contributed by atoms with Gasteiger partial charge in [0.1, 0.15) is 0 Å². The highest BCUT2D eigenvalue weighted by atomic mass is 13.9. The van der Waals surface area contributed by atoms with Crippen LogP contribution in [0.2, 0.25) is 0 Å². The molecular weight excluding hydrogens is 144 g/mol. The van der Waals surface area contributed by atoms with E-state index in [0.717, 1.165) is 5.57 Å². The summed E-state index contributed by atoms with van der Waals surface area (Å²) in [5.41, 5.74) is 2.40. The smallest absolute Gasteiger partial charge is 0.0228 e. The molecule has 0 saturated heterocycles. The van der Waals surface area contributed by atoms with E-state index in [0.29, 0.717) is 0 Å². The molecule has 0 radical (unpaired) electrons. The van der Waals surface area contributed by atoms with Gasteiger partial charge in [0.15, 0.2) is 0 Å². The standard InChI is InChI=1S/C10H14.C2H6/c1-5-7-10(8-6-2)9(3)4;1-2/h5,7H,1-4H3;1-2H3/b7-5-;. The van der Waals surface area contributed by atoms with Gasteiger partial charge >= 0.3 is 0 Å². The van der Waals surface area contributed by atoms with Crippen LogP contribution in [0.3, 0.4) is 0 Å². The van der Waals surface area contributed by atoms with E-state index in [1.807, 2.05) is 39.8 Å². The summed E-state index contributed by atoms with van der Waals surface area (Å²) in [5, 5.41) is 0. The summed E-state index contributed by atoms with van der Waals surface area (Å²) in [6.45, 7) is 12.0. The van der Waals surface area contributed by atoms with E-state index in [4.69, 9.17) is 0 Å². The number of hydrogen-bond donors (Lipinski definition) is 0. The molecule has 12 heavy (non-hydrogen) atoms. The van der Waals surface area contributed by atoms with Gasteiger partial charge in [0.25, 0.3) is 0 Å². The van der Waals surface area contributed by atoms with Gasteiger partial charge in [0, 0.05) is 5.57 Å². The molecule has 0 bridgehead atoms. The molecule has 68 valence electrons. The predicted octanol–water partition coefficient (Wildman–Crippen LogP) is 3.95. The molecule has 0 aliphatic carbocycles. The van der Waals surface area contributed by atoms with E-state index in [1.165, 1.54) is 5.57 Å². The lowest BCUT2D eigenvalue weighted by Gasteiger charge is -1.92. The number of allylic oxidation sites excluding steroid dienone is 4. The number of hydrogen-bond acceptors (Lipinski definition) is 0. The average molecular weight is 164 g/mol. The molecule has 0 aliphatic rings. The van der Waals surface area contributed by atoms with Crippen LogP contribution < -0.4 is 0 Å². The Bertz CT molecular complexity index is 202. The Morgan fingerprint density at radius 3 is 1.92 bits per heavy atom. The topological polar surface area (TPSA) is 0 Å². The van der Waals surface area contributed by atoms with E-state index in [1.54, 1.807) is 0 Å². The lowest BCUT2D eigenvalue weighted by Crippen LogP contribution is -1.75. The van der Waals surface area contributed by atoms with Crippen molar-refractivity contribution < 1.29 is 0 Å². The van der Waals surface area contributed by atoms with Crippen LogP contribution in [0.1, 0.15) is 41.5 Å². The molecule has 0 heteroatoms. The van der Waals surface area contributed by atoms with Crippen LogP contribution in [0.15, 0.2) is 23.3 Å². The van der Waals surface area contributed by atoms with Crippen molar-refractivity contribution in [2.24, 2.45) is 0 Å². The molecule has 0 heterocycles. The van der Waals surface area contributed by atoms with Crippen LogP contribution in [-0.2, 0) is 0 Å². The molecule has 0 spiro atoms. The van der Waals surface area contributed by atoms with E-state index >= 15 is 0 Å². The molecule has 0 aromatic rings. The first-order valence-electron chi connectivity index (χ1n) is 4.45. The highest BCUT2D eigenvalue weighted by molar-refractivity contribution is 5.40. The third-order valence-electron chi connectivity index (χ3n) is 1.13. The Kier molecular flexibility index (Phi) is 11.4. The Morgan fingerprint density at radius 1 is 1.17 bits per heavy atom. The second-order valence-corrected chi connectivity index (χ2v) is 2.29. The summed E-state index contributed by atoms with van der Waals surface area (Å²) in [4.78, 5) is 0. The fraction of sp³-hybridized carbons (Fsp3) is 0.500. The van der Waals surface area contributed by atoms with Gasteiger partial charge in [-0.3, -0.25) is 0 Å². The first-order chi connectivity index (χ1) is 5.72. The normalized spacial score (nSPS) is 7.83. The van der Waals surface area contributed by atoms with Crippen LogP contribution in [0.4, 0.5) is 0 Å². The minimum atomic E-state index is 1.13. The molecule has 0 N–H and O–H groups in total. The first kappa shape index (κ1) is 13.6. The Hall–Kier alpha value is -0.960. The maximum absolute atomic E-state index is 3.03. The van der Waals surface area contributed by atoms with Gasteiger partial charge in [-0.2, -0.15) is 0 Å². The van der Waals surface area contributed by atoms with Crippen molar-refractivity contribution in [3.63, 3.8) is 0 Å². The molecule has 0 rings (SSSR count). The monoisotopic (exact) mass is 164 g/mol. The van der Waals surface area contributed by atoms with Crippen LogP contribution in [0, 0.1) is 11.8 Å². The molecular formula is C12H20. The quantitative estimate of drug-likeness (QED) is 0.406. The second-order valence-electron chi connectivity index (χ2n) is 2.29. The second kappa shape index (κ2) is 10.0. The predicted molar refractivity (Wildman–Crippen MR) is 58.0 cm³/mol. The van der Waals surface area contributed by atoms with E-state index in [9.17, 15) is 0 Å². The molecule has 0 aromatic carbocycles. The fourth-order valence-corrected chi connectivity index (χ4v) is 0.635. The highest BCUT2D eigenvalue weighted by Gasteiger charge is 1.85. The summed E-state index contributed by atoms with van der Waals surface area (Å²) in [6.07, 6.45) is 4.04. The van der Waals surface area contributed by atoms with Crippen molar-refractivity contribution in [2.75, 3.05) is 0 Å². The molecule has 0 aromatic heterocycles. The third-order valence-corrected chi connectivity index (χ3v) is 1.13. The molecule has 0 amide bonds. The lowest BCUT2D eigenvalue weighted by atomic mass is 10.1. The average Bonchev–Trinajstić information content (AvgIpc) is 2.08. The van der Waals surface area contributed by atoms with Gasteiger partial charge in [-0.05, 0) is 27.7 Å². The molecule has 0 atom stereocenters. The van der Waals surface area contributed by atoms with Crippen molar-refractivity contribution in [2.45, 2.75) is 41.5 Å². The largest absolute Gasteiger partial charge is 0.101 e. The lowest BCUT2D eigenvalue weighted by molar-refractivity contribution is 1.35. The summed E-state index contributed by atoms with van der Waals surface area (Å²) >= 11 is 0. The van der Waals surface area contributed by atoms with Crippen LogP contribution >= 0.6 is 0 Å². The van der Waals surface area contributed by atoms with Gasteiger partial charge in [0.2, 0.25) is 0 Å². The zero-order chi connectivity index (χ0) is 9.98. The van der Waals surface area contributed by atoms with Crippen molar-refractivity contribution in [3.8, 4) is 11.8 Å². The maximum Gasteiger partial charge on any atom is 0.0228 e. The van der Waals surface area contributed by atoms with E-state index in [-0.39, 0.29) is 0 Å². The summed E-state index contributed by atoms with van der Waals surface area (Å²) in [5.74, 6) is 5.90. The Balaban J connectivity index is 0. The summed E-state index contributed by atoms with van der Waals surface area (Å²) < 4.78 is 0. The maximum atomic E-state index is 3.03. The van der Waals surface area contributed by atoms with Gasteiger partial charge in [-0.1, -0.05) is 37.5 Å². The zero-order valence-electron chi connectivity index (χ0n) is 9.15. The van der Waals surface area contributed by atoms with Gasteiger partial charge < -0.3 is 0 Å². The Morgan fingerprint density at radius 2 is 1.67 bits per heavy atom. The van der Waals surface area contributed by atoms with E-state index < -0.39 is 0 Å². The Labute approximate surface area is 77.4 Å². The fourth-order valence-electron chi connectivity index (χ4n) is 0.635. The van der Waals surface area contributed by atoms with Crippen molar-refractivity contribution in [3.05, 3.63) is 23.3 Å². The van der Waals surface area contributed by atoms with Crippen LogP contribution in [0.25, 0.3) is 0 Å². The minimum absolute atomic E-state index is 1.13. The molecule has 0 unspecified atom stereocenters. The third kappa shape index (κ3) is 7.15. The van der Waals surface area contributed by atoms with Gasteiger partial charge in [0.05, 0.1) is 0 Å². The van der Waals surface area contributed by atoms with Crippen LogP contribution in [-0.4, -0.2) is 0 Å². The van der Waals surface area contributed by atoms with Crippen LogP contribution in [0.5, 0.6) is 0 Å². The summed E-state index contributed by atoms with van der Waals surface area (Å²) in [7, 11) is 0. The molecule has 0 saturated carbocycles. The highest BCUT2D eigenvalue weighted by Crippen LogP contribution is 2.02. The molecule has 0 nitrogen and oxygen atoms in total.